The molecule has 49 heavy (non-hydrogen) atoms. The van der Waals surface area contributed by atoms with Crippen LogP contribution in [0.1, 0.15) is 226 Å². The lowest BCUT2D eigenvalue weighted by Gasteiger charge is -2.22. The van der Waals surface area contributed by atoms with Gasteiger partial charge in [-0.1, -0.05) is 149 Å². The molecule has 0 heterocycles. The molecule has 0 fully saturated rings. The number of aliphatic hydroxyl groups excluding tert-OH is 1. The van der Waals surface area contributed by atoms with Gasteiger partial charge in [0.2, 0.25) is 0 Å². The fourth-order valence-electron chi connectivity index (χ4n) is 6.68. The van der Waals surface area contributed by atoms with E-state index in [1.54, 1.807) is 0 Å². The van der Waals surface area contributed by atoms with Crippen LogP contribution in [0.5, 0.6) is 0 Å². The first kappa shape index (κ1) is 47.9. The van der Waals surface area contributed by atoms with Crippen molar-refractivity contribution >= 4 is 11.9 Å². The SMILES string of the molecule is CCCCCCCCCOC(=O)CCCCCCCN(CCCO)CCCCCC(=O)OC(CCCCCCCC)CCCCCCCC. The van der Waals surface area contributed by atoms with Crippen LogP contribution in [0.15, 0.2) is 0 Å². The van der Waals surface area contributed by atoms with Gasteiger partial charge in [-0.25, -0.2) is 0 Å². The smallest absolute Gasteiger partial charge is 0.306 e. The van der Waals surface area contributed by atoms with E-state index < -0.39 is 0 Å². The van der Waals surface area contributed by atoms with Crippen molar-refractivity contribution in [3.8, 4) is 0 Å². The summed E-state index contributed by atoms with van der Waals surface area (Å²) in [6.07, 6.45) is 36.6. The minimum absolute atomic E-state index is 0.000492. The van der Waals surface area contributed by atoms with Crippen molar-refractivity contribution < 1.29 is 24.2 Å². The van der Waals surface area contributed by atoms with Crippen LogP contribution >= 0.6 is 0 Å². The van der Waals surface area contributed by atoms with Crippen molar-refractivity contribution in [2.45, 2.75) is 232 Å². The quantitative estimate of drug-likeness (QED) is 0.0508. The van der Waals surface area contributed by atoms with Crippen LogP contribution in [0.3, 0.4) is 0 Å². The number of esters is 2. The Morgan fingerprint density at radius 2 is 0.857 bits per heavy atom. The highest BCUT2D eigenvalue weighted by molar-refractivity contribution is 5.69. The number of carbonyl (C=O) groups excluding carboxylic acids is 2. The van der Waals surface area contributed by atoms with Crippen LogP contribution in [0, 0.1) is 0 Å². The first-order valence-corrected chi connectivity index (χ1v) is 21.8. The fourth-order valence-corrected chi connectivity index (χ4v) is 6.68. The molecule has 0 saturated heterocycles. The van der Waals surface area contributed by atoms with Crippen LogP contribution in [-0.4, -0.2) is 60.9 Å². The second kappa shape index (κ2) is 39.6. The minimum Gasteiger partial charge on any atom is -0.466 e. The zero-order valence-electron chi connectivity index (χ0n) is 33.3. The molecule has 1 N–H and O–H groups in total. The molecule has 0 aliphatic heterocycles. The van der Waals surface area contributed by atoms with E-state index in [0.29, 0.717) is 19.4 Å². The molecule has 0 rings (SSSR count). The minimum atomic E-state index is -0.0319. The van der Waals surface area contributed by atoms with Crippen molar-refractivity contribution in [3.05, 3.63) is 0 Å². The van der Waals surface area contributed by atoms with Crippen LogP contribution in [0.2, 0.25) is 0 Å². The first-order valence-electron chi connectivity index (χ1n) is 21.8. The van der Waals surface area contributed by atoms with Gasteiger partial charge in [0.15, 0.2) is 0 Å². The summed E-state index contributed by atoms with van der Waals surface area (Å²) in [6, 6.07) is 0. The van der Waals surface area contributed by atoms with E-state index >= 15 is 0 Å². The summed E-state index contributed by atoms with van der Waals surface area (Å²) in [7, 11) is 0. The molecule has 0 unspecified atom stereocenters. The van der Waals surface area contributed by atoms with Crippen LogP contribution in [0.25, 0.3) is 0 Å². The Morgan fingerprint density at radius 3 is 1.37 bits per heavy atom. The lowest BCUT2D eigenvalue weighted by atomic mass is 10.0. The van der Waals surface area contributed by atoms with Gasteiger partial charge in [0.25, 0.3) is 0 Å². The summed E-state index contributed by atoms with van der Waals surface area (Å²) in [5.41, 5.74) is 0. The molecular weight excluding hydrogens is 610 g/mol. The highest BCUT2D eigenvalue weighted by Gasteiger charge is 2.14. The van der Waals surface area contributed by atoms with Crippen LogP contribution < -0.4 is 0 Å². The zero-order chi connectivity index (χ0) is 35.9. The maximum Gasteiger partial charge on any atom is 0.306 e. The Labute approximate surface area is 305 Å². The van der Waals surface area contributed by atoms with E-state index in [0.717, 1.165) is 90.3 Å². The third-order valence-corrected chi connectivity index (χ3v) is 9.91. The highest BCUT2D eigenvalue weighted by Crippen LogP contribution is 2.18. The molecule has 6 heteroatoms. The largest absolute Gasteiger partial charge is 0.466 e. The second-order valence-corrected chi connectivity index (χ2v) is 14.8. The molecule has 0 aliphatic rings. The molecule has 0 aromatic heterocycles. The van der Waals surface area contributed by atoms with E-state index in [1.165, 1.54) is 122 Å². The van der Waals surface area contributed by atoms with Gasteiger partial charge < -0.3 is 19.5 Å². The Bertz CT molecular complexity index is 671. The summed E-state index contributed by atoms with van der Waals surface area (Å²) in [4.78, 5) is 27.2. The van der Waals surface area contributed by atoms with Gasteiger partial charge >= 0.3 is 11.9 Å². The second-order valence-electron chi connectivity index (χ2n) is 14.8. The Kier molecular flexibility index (Phi) is 38.7. The molecule has 292 valence electrons. The molecule has 0 aliphatic carbocycles. The normalized spacial score (nSPS) is 11.6. The molecule has 0 saturated carbocycles. The molecule has 0 amide bonds. The zero-order valence-corrected chi connectivity index (χ0v) is 33.3. The van der Waals surface area contributed by atoms with Gasteiger partial charge in [-0.2, -0.15) is 0 Å². The number of ether oxygens (including phenoxy) is 2. The Balaban J connectivity index is 4.10. The molecule has 0 spiro atoms. The summed E-state index contributed by atoms with van der Waals surface area (Å²) < 4.78 is 11.4. The van der Waals surface area contributed by atoms with E-state index in [2.05, 4.69) is 25.7 Å². The fraction of sp³-hybridized carbons (Fsp3) is 0.953. The average molecular weight is 696 g/mol. The molecular formula is C43H85NO5. The average Bonchev–Trinajstić information content (AvgIpc) is 3.10. The summed E-state index contributed by atoms with van der Waals surface area (Å²) in [6.45, 7) is 10.6. The van der Waals surface area contributed by atoms with Crippen molar-refractivity contribution in [1.82, 2.24) is 4.90 Å². The van der Waals surface area contributed by atoms with Gasteiger partial charge in [-0.15, -0.1) is 0 Å². The van der Waals surface area contributed by atoms with Gasteiger partial charge in [0, 0.05) is 26.0 Å². The maximum atomic E-state index is 12.7. The lowest BCUT2D eigenvalue weighted by Crippen LogP contribution is -2.28. The highest BCUT2D eigenvalue weighted by atomic mass is 16.5. The molecule has 0 bridgehead atoms. The van der Waals surface area contributed by atoms with Gasteiger partial charge in [0.1, 0.15) is 6.10 Å². The third-order valence-electron chi connectivity index (χ3n) is 9.91. The molecule has 0 aromatic carbocycles. The van der Waals surface area contributed by atoms with Gasteiger partial charge in [0.05, 0.1) is 6.61 Å². The predicted molar refractivity (Wildman–Crippen MR) is 209 cm³/mol. The monoisotopic (exact) mass is 696 g/mol. The number of hydrogen-bond acceptors (Lipinski definition) is 6. The van der Waals surface area contributed by atoms with Crippen molar-refractivity contribution in [2.24, 2.45) is 0 Å². The maximum absolute atomic E-state index is 12.7. The summed E-state index contributed by atoms with van der Waals surface area (Å²) in [5.74, 6) is -0.0314. The van der Waals surface area contributed by atoms with E-state index in [-0.39, 0.29) is 24.6 Å². The number of aliphatic hydroxyl groups is 1. The van der Waals surface area contributed by atoms with E-state index in [1.807, 2.05) is 0 Å². The number of carbonyl (C=O) groups is 2. The summed E-state index contributed by atoms with van der Waals surface area (Å²) >= 11 is 0. The topological polar surface area (TPSA) is 76.1 Å². The van der Waals surface area contributed by atoms with Gasteiger partial charge in [-0.3, -0.25) is 9.59 Å². The van der Waals surface area contributed by atoms with Crippen molar-refractivity contribution in [1.29, 1.82) is 0 Å². The van der Waals surface area contributed by atoms with Crippen LogP contribution in [-0.2, 0) is 19.1 Å². The Hall–Kier alpha value is -1.14. The number of hydrogen-bond donors (Lipinski definition) is 1. The summed E-state index contributed by atoms with van der Waals surface area (Å²) in [5, 5.41) is 9.38. The molecule has 6 nitrogen and oxygen atoms in total. The van der Waals surface area contributed by atoms with Crippen LogP contribution in [0.4, 0.5) is 0 Å². The van der Waals surface area contributed by atoms with Gasteiger partial charge in [-0.05, 0) is 77.3 Å². The molecule has 0 atom stereocenters. The third kappa shape index (κ3) is 36.5. The lowest BCUT2D eigenvalue weighted by molar-refractivity contribution is -0.150. The predicted octanol–water partition coefficient (Wildman–Crippen LogP) is 12.3. The Morgan fingerprint density at radius 1 is 0.469 bits per heavy atom. The standard InChI is InChI=1S/C43H85NO5/c1-4-7-10-13-16-22-30-40-48-42(46)34-26-20-17-21-28-36-44(38-31-39-45)37-29-23-27-35-43(47)49-41(32-24-18-14-11-8-5-2)33-25-19-15-12-9-6-3/h41,45H,4-40H2,1-3H3. The van der Waals surface area contributed by atoms with E-state index in [9.17, 15) is 14.7 Å². The van der Waals surface area contributed by atoms with Crippen molar-refractivity contribution in [2.75, 3.05) is 32.8 Å². The molecule has 0 aromatic rings. The number of nitrogens with zero attached hydrogens (tertiary/aromatic N) is 1. The first-order chi connectivity index (χ1) is 24.1. The number of rotatable bonds is 40. The van der Waals surface area contributed by atoms with E-state index in [4.69, 9.17) is 9.47 Å². The van der Waals surface area contributed by atoms with Crippen molar-refractivity contribution in [3.63, 3.8) is 0 Å². The molecule has 0 radical (unpaired) electrons. The number of unbranched alkanes of at least 4 members (excludes halogenated alkanes) is 22.